The van der Waals surface area contributed by atoms with Crippen molar-refractivity contribution in [2.75, 3.05) is 13.1 Å². The fraction of sp³-hybridized carbons (Fsp3) is 0.263. The highest BCUT2D eigenvalue weighted by Crippen LogP contribution is 2.18. The summed E-state index contributed by atoms with van der Waals surface area (Å²) in [5.41, 5.74) is 1.75. The number of hydrogen-bond donors (Lipinski definition) is 2. The molecule has 0 aliphatic rings. The minimum absolute atomic E-state index is 0. The summed E-state index contributed by atoms with van der Waals surface area (Å²) in [5, 5.41) is 6.51. The molecule has 0 atom stereocenters. The van der Waals surface area contributed by atoms with Crippen molar-refractivity contribution >= 4 is 29.9 Å². The molecule has 0 radical (unpaired) electrons. The summed E-state index contributed by atoms with van der Waals surface area (Å²) >= 11 is 0. The lowest BCUT2D eigenvalue weighted by Crippen LogP contribution is -2.38. The molecule has 3 rings (SSSR count). The third-order valence-electron chi connectivity index (χ3n) is 3.56. The number of guanidine groups is 1. The van der Waals surface area contributed by atoms with Gasteiger partial charge in [0.25, 0.3) is 0 Å². The van der Waals surface area contributed by atoms with E-state index in [9.17, 15) is 0 Å². The third kappa shape index (κ3) is 5.91. The Balaban J connectivity index is 0.00000243. The zero-order valence-corrected chi connectivity index (χ0v) is 17.0. The van der Waals surface area contributed by atoms with E-state index in [1.807, 2.05) is 49.4 Å². The van der Waals surface area contributed by atoms with Gasteiger partial charge >= 0.3 is 0 Å². The van der Waals surface area contributed by atoms with Gasteiger partial charge in [0.05, 0.1) is 12.8 Å². The first-order valence-corrected chi connectivity index (χ1v) is 8.39. The Hall–Kier alpha value is -2.29. The lowest BCUT2D eigenvalue weighted by molar-refractivity contribution is 0.507. The van der Waals surface area contributed by atoms with Crippen molar-refractivity contribution in [3.05, 3.63) is 66.4 Å². The standard InChI is InChI=1S/C19H22N4O2.HI/c1-2-20-19(21-11-10-17-9-6-12-24-17)22-13-16-14-25-18(23-16)15-7-4-3-5-8-15;/h3-9,12,14H,2,10-11,13H2,1H3,(H2,20,21,22);1H. The first-order chi connectivity index (χ1) is 12.3. The smallest absolute Gasteiger partial charge is 0.226 e. The van der Waals surface area contributed by atoms with Crippen molar-refractivity contribution in [2.45, 2.75) is 19.9 Å². The number of hydrogen-bond acceptors (Lipinski definition) is 4. The molecule has 2 heterocycles. The zero-order chi connectivity index (χ0) is 17.3. The largest absolute Gasteiger partial charge is 0.469 e. The van der Waals surface area contributed by atoms with E-state index in [1.54, 1.807) is 12.5 Å². The molecule has 7 heteroatoms. The average molecular weight is 466 g/mol. The van der Waals surface area contributed by atoms with Crippen LogP contribution < -0.4 is 10.6 Å². The van der Waals surface area contributed by atoms with Gasteiger partial charge in [-0.2, -0.15) is 0 Å². The third-order valence-corrected chi connectivity index (χ3v) is 3.56. The molecule has 3 aromatic rings. The number of nitrogens with zero attached hydrogens (tertiary/aromatic N) is 2. The summed E-state index contributed by atoms with van der Waals surface area (Å²) in [6.07, 6.45) is 4.14. The van der Waals surface area contributed by atoms with Crippen LogP contribution in [-0.4, -0.2) is 24.0 Å². The van der Waals surface area contributed by atoms with Gasteiger partial charge in [-0.3, -0.25) is 0 Å². The maximum atomic E-state index is 5.54. The average Bonchev–Trinajstić information content (AvgIpc) is 3.32. The van der Waals surface area contributed by atoms with Crippen molar-refractivity contribution < 1.29 is 8.83 Å². The van der Waals surface area contributed by atoms with Gasteiger partial charge < -0.3 is 19.5 Å². The molecular formula is C19H23IN4O2. The van der Waals surface area contributed by atoms with E-state index in [-0.39, 0.29) is 24.0 Å². The first kappa shape index (κ1) is 20.0. The van der Waals surface area contributed by atoms with Gasteiger partial charge in [-0.1, -0.05) is 18.2 Å². The highest BCUT2D eigenvalue weighted by atomic mass is 127. The maximum absolute atomic E-state index is 5.54. The van der Waals surface area contributed by atoms with Crippen LogP contribution in [-0.2, 0) is 13.0 Å². The second-order valence-electron chi connectivity index (χ2n) is 5.46. The molecule has 0 amide bonds. The number of furan rings is 1. The molecule has 2 N–H and O–H groups in total. The number of aliphatic imine (C=N–C) groups is 1. The molecule has 138 valence electrons. The van der Waals surface area contributed by atoms with E-state index in [0.29, 0.717) is 12.4 Å². The van der Waals surface area contributed by atoms with E-state index >= 15 is 0 Å². The van der Waals surface area contributed by atoms with Crippen LogP contribution in [0, 0.1) is 0 Å². The molecule has 2 aromatic heterocycles. The molecule has 6 nitrogen and oxygen atoms in total. The van der Waals surface area contributed by atoms with Crippen molar-refractivity contribution in [1.82, 2.24) is 15.6 Å². The summed E-state index contributed by atoms with van der Waals surface area (Å²) in [6, 6.07) is 13.7. The minimum Gasteiger partial charge on any atom is -0.469 e. The lowest BCUT2D eigenvalue weighted by Gasteiger charge is -2.10. The molecule has 0 saturated heterocycles. The topological polar surface area (TPSA) is 75.6 Å². The normalized spacial score (nSPS) is 11.0. The zero-order valence-electron chi connectivity index (χ0n) is 14.6. The summed E-state index contributed by atoms with van der Waals surface area (Å²) in [4.78, 5) is 9.04. The van der Waals surface area contributed by atoms with Crippen LogP contribution in [0.25, 0.3) is 11.5 Å². The van der Waals surface area contributed by atoms with Gasteiger partial charge in [0.2, 0.25) is 5.89 Å². The summed E-state index contributed by atoms with van der Waals surface area (Å²) < 4.78 is 10.9. The lowest BCUT2D eigenvalue weighted by atomic mass is 10.2. The Bertz CT molecular complexity index is 785. The van der Waals surface area contributed by atoms with Crippen LogP contribution >= 0.6 is 24.0 Å². The van der Waals surface area contributed by atoms with E-state index in [2.05, 4.69) is 20.6 Å². The monoisotopic (exact) mass is 466 g/mol. The molecule has 1 aromatic carbocycles. The first-order valence-electron chi connectivity index (χ1n) is 8.39. The Kier molecular flexibility index (Phi) is 8.20. The van der Waals surface area contributed by atoms with Crippen molar-refractivity contribution in [3.63, 3.8) is 0 Å². The van der Waals surface area contributed by atoms with Gasteiger partial charge in [0.1, 0.15) is 17.7 Å². The predicted octanol–water partition coefficient (Wildman–Crippen LogP) is 3.85. The molecule has 26 heavy (non-hydrogen) atoms. The molecule has 0 bridgehead atoms. The molecule has 0 fully saturated rings. The Morgan fingerprint density at radius 2 is 1.92 bits per heavy atom. The minimum atomic E-state index is 0. The van der Waals surface area contributed by atoms with Crippen LogP contribution in [0.2, 0.25) is 0 Å². The van der Waals surface area contributed by atoms with Gasteiger partial charge in [-0.05, 0) is 31.2 Å². The van der Waals surface area contributed by atoms with Gasteiger partial charge in [-0.25, -0.2) is 9.98 Å². The summed E-state index contributed by atoms with van der Waals surface area (Å²) in [7, 11) is 0. The molecule has 0 unspecified atom stereocenters. The fourth-order valence-corrected chi connectivity index (χ4v) is 2.35. The van der Waals surface area contributed by atoms with Crippen LogP contribution in [0.15, 0.2) is 68.8 Å². The molecule has 0 spiro atoms. The van der Waals surface area contributed by atoms with Crippen LogP contribution in [0.1, 0.15) is 18.4 Å². The maximum Gasteiger partial charge on any atom is 0.226 e. The number of benzene rings is 1. The SMILES string of the molecule is CCNC(=NCc1coc(-c2ccccc2)n1)NCCc1ccco1.I. The number of oxazole rings is 1. The number of halogens is 1. The molecule has 0 saturated carbocycles. The predicted molar refractivity (Wildman–Crippen MR) is 113 cm³/mol. The fourth-order valence-electron chi connectivity index (χ4n) is 2.35. The summed E-state index contributed by atoms with van der Waals surface area (Å²) in [6.45, 7) is 4.02. The Morgan fingerprint density at radius 1 is 1.08 bits per heavy atom. The summed E-state index contributed by atoms with van der Waals surface area (Å²) in [5.74, 6) is 2.31. The van der Waals surface area contributed by atoms with Gasteiger partial charge in [0.15, 0.2) is 5.96 Å². The number of aromatic nitrogens is 1. The Morgan fingerprint density at radius 3 is 2.65 bits per heavy atom. The van der Waals surface area contributed by atoms with E-state index in [0.717, 1.165) is 42.5 Å². The molecule has 0 aliphatic heterocycles. The van der Waals surface area contributed by atoms with E-state index in [1.165, 1.54) is 0 Å². The number of rotatable bonds is 7. The van der Waals surface area contributed by atoms with Gasteiger partial charge in [0, 0.05) is 25.1 Å². The number of nitrogens with one attached hydrogen (secondary N) is 2. The highest BCUT2D eigenvalue weighted by Gasteiger charge is 2.06. The highest BCUT2D eigenvalue weighted by molar-refractivity contribution is 14.0. The van der Waals surface area contributed by atoms with Crippen molar-refractivity contribution in [2.24, 2.45) is 4.99 Å². The van der Waals surface area contributed by atoms with E-state index < -0.39 is 0 Å². The van der Waals surface area contributed by atoms with Crippen LogP contribution in [0.3, 0.4) is 0 Å². The van der Waals surface area contributed by atoms with Gasteiger partial charge in [-0.15, -0.1) is 24.0 Å². The van der Waals surface area contributed by atoms with Crippen molar-refractivity contribution in [1.29, 1.82) is 0 Å². The van der Waals surface area contributed by atoms with Crippen LogP contribution in [0.4, 0.5) is 0 Å². The molecular weight excluding hydrogens is 443 g/mol. The quantitative estimate of drug-likeness (QED) is 0.314. The second-order valence-corrected chi connectivity index (χ2v) is 5.46. The second kappa shape index (κ2) is 10.6. The molecule has 0 aliphatic carbocycles. The Labute approximate surface area is 170 Å². The van der Waals surface area contributed by atoms with Crippen molar-refractivity contribution in [3.8, 4) is 11.5 Å². The van der Waals surface area contributed by atoms with E-state index in [4.69, 9.17) is 8.83 Å². The van der Waals surface area contributed by atoms with Crippen LogP contribution in [0.5, 0.6) is 0 Å².